The van der Waals surface area contributed by atoms with E-state index in [1.54, 1.807) is 6.07 Å². The summed E-state index contributed by atoms with van der Waals surface area (Å²) in [7, 11) is -3.74. The van der Waals surface area contributed by atoms with Crippen LogP contribution in [0, 0.1) is 0 Å². The van der Waals surface area contributed by atoms with E-state index in [0.29, 0.717) is 12.2 Å². The number of anilines is 1. The largest absolute Gasteiger partial charge is 0.428 e. The van der Waals surface area contributed by atoms with Gasteiger partial charge in [0.15, 0.2) is 0 Å². The maximum Gasteiger partial charge on any atom is 0.309 e. The van der Waals surface area contributed by atoms with Gasteiger partial charge in [-0.1, -0.05) is 27.7 Å². The highest BCUT2D eigenvalue weighted by Gasteiger charge is 2.20. The highest BCUT2D eigenvalue weighted by atomic mass is 32.2. The number of pyridine rings is 1. The fraction of sp³-hybridized carbons (Fsp3) is 0.429. The fourth-order valence-corrected chi connectivity index (χ4v) is 2.56. The Morgan fingerprint density at radius 3 is 2.38 bits per heavy atom. The van der Waals surface area contributed by atoms with Crippen molar-refractivity contribution < 1.29 is 12.8 Å². The molecule has 0 aliphatic carbocycles. The molecule has 0 aromatic carbocycles. The van der Waals surface area contributed by atoms with Crippen molar-refractivity contribution in [1.82, 2.24) is 9.97 Å². The lowest BCUT2D eigenvalue weighted by molar-refractivity contribution is 0.526. The van der Waals surface area contributed by atoms with E-state index in [-0.39, 0.29) is 16.3 Å². The molecule has 0 aliphatic rings. The summed E-state index contributed by atoms with van der Waals surface area (Å²) in [5.41, 5.74) is 0.694. The summed E-state index contributed by atoms with van der Waals surface area (Å²) in [5, 5.41) is 0. The van der Waals surface area contributed by atoms with Crippen LogP contribution in [0.25, 0.3) is 0 Å². The van der Waals surface area contributed by atoms with Gasteiger partial charge in [0.2, 0.25) is 0 Å². The first kappa shape index (κ1) is 15.5. The zero-order chi connectivity index (χ0) is 15.7. The smallest absolute Gasteiger partial charge is 0.309 e. The lowest BCUT2D eigenvalue weighted by atomic mass is 9.92. The molecule has 2 aromatic heterocycles. The second-order valence-corrected chi connectivity index (χ2v) is 7.40. The van der Waals surface area contributed by atoms with Crippen molar-refractivity contribution in [2.45, 2.75) is 44.4 Å². The van der Waals surface area contributed by atoms with E-state index in [0.717, 1.165) is 5.69 Å². The number of rotatable bonds is 4. The van der Waals surface area contributed by atoms with Crippen molar-refractivity contribution in [1.29, 1.82) is 0 Å². The van der Waals surface area contributed by atoms with Gasteiger partial charge in [0.05, 0.1) is 6.20 Å². The molecule has 6 nitrogen and oxygen atoms in total. The molecule has 2 aromatic rings. The molecule has 1 N–H and O–H groups in total. The monoisotopic (exact) mass is 309 g/mol. The van der Waals surface area contributed by atoms with Crippen LogP contribution in [0.3, 0.4) is 0 Å². The SMILES string of the molecule is CCc1cnc(NS(=O)(=O)c2ccc(C(C)(C)C)nc2)o1. The lowest BCUT2D eigenvalue weighted by Crippen LogP contribution is -2.16. The standard InChI is InChI=1S/C14H19N3O3S/c1-5-10-8-16-13(20-10)17-21(18,19)11-6-7-12(15-9-11)14(2,3)4/h6-9H,5H2,1-4H3,(H,16,17). The quantitative estimate of drug-likeness (QED) is 0.938. The Morgan fingerprint density at radius 2 is 1.90 bits per heavy atom. The van der Waals surface area contributed by atoms with Crippen molar-refractivity contribution in [3.8, 4) is 0 Å². The molecule has 0 bridgehead atoms. The minimum absolute atomic E-state index is 0.0354. The predicted octanol–water partition coefficient (Wildman–Crippen LogP) is 2.73. The average molecular weight is 309 g/mol. The normalized spacial score (nSPS) is 12.4. The Bertz CT molecular complexity index is 713. The van der Waals surface area contributed by atoms with Crippen molar-refractivity contribution in [3.05, 3.63) is 36.0 Å². The highest BCUT2D eigenvalue weighted by Crippen LogP contribution is 2.22. The van der Waals surface area contributed by atoms with Crippen LogP contribution in [0.1, 0.15) is 39.1 Å². The second-order valence-electron chi connectivity index (χ2n) is 5.72. The Kier molecular flexibility index (Phi) is 4.04. The van der Waals surface area contributed by atoms with Crippen LogP contribution in [0.4, 0.5) is 6.01 Å². The third-order valence-corrected chi connectivity index (χ3v) is 4.24. The van der Waals surface area contributed by atoms with E-state index in [4.69, 9.17) is 4.42 Å². The summed E-state index contributed by atoms with van der Waals surface area (Å²) in [5.74, 6) is 0.619. The number of hydrogen-bond donors (Lipinski definition) is 1. The van der Waals surface area contributed by atoms with Gasteiger partial charge in [0.25, 0.3) is 10.0 Å². The van der Waals surface area contributed by atoms with Gasteiger partial charge in [0.1, 0.15) is 10.7 Å². The zero-order valence-corrected chi connectivity index (χ0v) is 13.4. The third kappa shape index (κ3) is 3.60. The number of nitrogens with zero attached hydrogens (tertiary/aromatic N) is 2. The number of hydrogen-bond acceptors (Lipinski definition) is 5. The Hall–Kier alpha value is -1.89. The van der Waals surface area contributed by atoms with Crippen LogP contribution in [0.2, 0.25) is 0 Å². The molecular weight excluding hydrogens is 290 g/mol. The maximum absolute atomic E-state index is 12.2. The summed E-state index contributed by atoms with van der Waals surface area (Å²) >= 11 is 0. The molecule has 7 heteroatoms. The summed E-state index contributed by atoms with van der Waals surface area (Å²) in [6, 6.07) is 3.20. The van der Waals surface area contributed by atoms with Gasteiger partial charge < -0.3 is 4.42 Å². The van der Waals surface area contributed by atoms with Gasteiger partial charge in [-0.15, -0.1) is 0 Å². The molecule has 114 valence electrons. The van der Waals surface area contributed by atoms with Gasteiger partial charge in [0, 0.05) is 23.7 Å². The van der Waals surface area contributed by atoms with E-state index < -0.39 is 10.0 Å². The molecule has 0 unspecified atom stereocenters. The second kappa shape index (κ2) is 5.48. The third-order valence-electron chi connectivity index (χ3n) is 2.94. The van der Waals surface area contributed by atoms with E-state index >= 15 is 0 Å². The van der Waals surface area contributed by atoms with Crippen molar-refractivity contribution in [3.63, 3.8) is 0 Å². The van der Waals surface area contributed by atoms with E-state index in [1.165, 1.54) is 18.5 Å². The maximum atomic E-state index is 12.2. The van der Waals surface area contributed by atoms with Crippen LogP contribution in [0.15, 0.2) is 33.8 Å². The molecule has 0 radical (unpaired) electrons. The molecule has 0 spiro atoms. The van der Waals surface area contributed by atoms with E-state index in [1.807, 2.05) is 27.7 Å². The predicted molar refractivity (Wildman–Crippen MR) is 79.6 cm³/mol. The first-order chi connectivity index (χ1) is 9.72. The van der Waals surface area contributed by atoms with Crippen LogP contribution in [-0.2, 0) is 21.9 Å². The molecule has 2 rings (SSSR count). The molecule has 0 aliphatic heterocycles. The number of oxazole rings is 1. The van der Waals surface area contributed by atoms with E-state index in [2.05, 4.69) is 14.7 Å². The summed E-state index contributed by atoms with van der Waals surface area (Å²) in [6.07, 6.45) is 3.49. The van der Waals surface area contributed by atoms with Crippen LogP contribution in [-0.4, -0.2) is 18.4 Å². The summed E-state index contributed by atoms with van der Waals surface area (Å²) in [4.78, 5) is 8.16. The average Bonchev–Trinajstić information content (AvgIpc) is 2.85. The highest BCUT2D eigenvalue weighted by molar-refractivity contribution is 7.92. The van der Waals surface area contributed by atoms with Crippen LogP contribution < -0.4 is 4.72 Å². The van der Waals surface area contributed by atoms with Crippen molar-refractivity contribution in [2.24, 2.45) is 0 Å². The van der Waals surface area contributed by atoms with Gasteiger partial charge in [-0.25, -0.2) is 18.1 Å². The van der Waals surface area contributed by atoms with Crippen molar-refractivity contribution in [2.75, 3.05) is 4.72 Å². The Labute approximate surface area is 124 Å². The molecule has 21 heavy (non-hydrogen) atoms. The fourth-order valence-electron chi connectivity index (χ4n) is 1.67. The molecule has 0 fully saturated rings. The van der Waals surface area contributed by atoms with Gasteiger partial charge in [-0.05, 0) is 12.1 Å². The summed E-state index contributed by atoms with van der Waals surface area (Å²) < 4.78 is 32.0. The molecule has 2 heterocycles. The molecule has 0 saturated heterocycles. The van der Waals surface area contributed by atoms with Gasteiger partial charge >= 0.3 is 6.01 Å². The first-order valence-electron chi connectivity index (χ1n) is 6.66. The number of nitrogens with one attached hydrogen (secondary N) is 1. The van der Waals surface area contributed by atoms with E-state index in [9.17, 15) is 8.42 Å². The van der Waals surface area contributed by atoms with Gasteiger partial charge in [-0.3, -0.25) is 4.98 Å². The topological polar surface area (TPSA) is 85.1 Å². The van der Waals surface area contributed by atoms with Crippen LogP contribution >= 0.6 is 0 Å². The summed E-state index contributed by atoms with van der Waals surface area (Å²) in [6.45, 7) is 7.94. The lowest BCUT2D eigenvalue weighted by Gasteiger charge is -2.17. The molecule has 0 atom stereocenters. The minimum atomic E-state index is -3.74. The zero-order valence-electron chi connectivity index (χ0n) is 12.5. The van der Waals surface area contributed by atoms with Crippen LogP contribution in [0.5, 0.6) is 0 Å². The molecule has 0 amide bonds. The van der Waals surface area contributed by atoms with Gasteiger partial charge in [-0.2, -0.15) is 0 Å². The van der Waals surface area contributed by atoms with Crippen molar-refractivity contribution >= 4 is 16.0 Å². The Morgan fingerprint density at radius 1 is 1.19 bits per heavy atom. The first-order valence-corrected chi connectivity index (χ1v) is 8.15. The number of aromatic nitrogens is 2. The molecular formula is C14H19N3O3S. The number of aryl methyl sites for hydroxylation is 1. The molecule has 0 saturated carbocycles. The minimum Gasteiger partial charge on any atom is -0.428 e. The Balaban J connectivity index is 2.23. The number of sulfonamides is 1.